The lowest BCUT2D eigenvalue weighted by Gasteiger charge is -2.37. The summed E-state index contributed by atoms with van der Waals surface area (Å²) in [6.07, 6.45) is 7.81. The lowest BCUT2D eigenvalue weighted by molar-refractivity contribution is 0.307. The molecule has 2 aliphatic rings. The molecule has 1 N–H and O–H groups in total. The van der Waals surface area contributed by atoms with E-state index < -0.39 is 0 Å². The number of rotatable bonds is 6. The van der Waals surface area contributed by atoms with Crippen LogP contribution in [0.5, 0.6) is 5.75 Å². The highest BCUT2D eigenvalue weighted by Gasteiger charge is 2.37. The highest BCUT2D eigenvalue weighted by atomic mass is 16.5. The lowest BCUT2D eigenvalue weighted by atomic mass is 9.76. The number of hydrogen-bond acceptors (Lipinski definition) is 3. The van der Waals surface area contributed by atoms with E-state index in [1.54, 1.807) is 0 Å². The first kappa shape index (κ1) is 26.5. The molecule has 0 saturated heterocycles. The van der Waals surface area contributed by atoms with Crippen molar-refractivity contribution in [1.82, 2.24) is 0 Å². The van der Waals surface area contributed by atoms with Gasteiger partial charge in [-0.15, -0.1) is 0 Å². The van der Waals surface area contributed by atoms with E-state index in [4.69, 9.17) is 9.73 Å². The molecule has 3 heteroatoms. The van der Waals surface area contributed by atoms with Crippen LogP contribution in [0, 0.1) is 12.8 Å². The zero-order valence-electron chi connectivity index (χ0n) is 24.8. The number of aliphatic imine (C=N–C) groups is 1. The summed E-state index contributed by atoms with van der Waals surface area (Å²) >= 11 is 0. The zero-order valence-corrected chi connectivity index (χ0v) is 24.8. The largest absolute Gasteiger partial charge is 0.488 e. The van der Waals surface area contributed by atoms with Crippen LogP contribution in [0.15, 0.2) is 138 Å². The summed E-state index contributed by atoms with van der Waals surface area (Å²) in [5.74, 6) is 1.82. The van der Waals surface area contributed by atoms with Crippen molar-refractivity contribution in [2.75, 3.05) is 5.32 Å². The van der Waals surface area contributed by atoms with Crippen molar-refractivity contribution in [2.45, 2.75) is 31.9 Å². The molecule has 0 radical (unpaired) electrons. The predicted octanol–water partition coefficient (Wildman–Crippen LogP) is 10.5. The fraction of sp³-hybridized carbons (Fsp3) is 0.146. The van der Waals surface area contributed by atoms with Crippen LogP contribution in [0.3, 0.4) is 0 Å². The minimum absolute atomic E-state index is 0.273. The fourth-order valence-electron chi connectivity index (χ4n) is 7.06. The first-order chi connectivity index (χ1) is 21.7. The lowest BCUT2D eigenvalue weighted by Crippen LogP contribution is -2.29. The van der Waals surface area contributed by atoms with Crippen molar-refractivity contribution in [3.05, 3.63) is 161 Å². The summed E-state index contributed by atoms with van der Waals surface area (Å²) in [6.45, 7) is 2.67. The Hall–Kier alpha value is -5.15. The molecule has 44 heavy (non-hydrogen) atoms. The van der Waals surface area contributed by atoms with Crippen LogP contribution in [0.25, 0.3) is 21.5 Å². The van der Waals surface area contributed by atoms with Crippen LogP contribution in [-0.2, 0) is 6.61 Å². The van der Waals surface area contributed by atoms with E-state index in [-0.39, 0.29) is 6.04 Å². The van der Waals surface area contributed by atoms with Crippen LogP contribution in [0.2, 0.25) is 0 Å². The van der Waals surface area contributed by atoms with Gasteiger partial charge in [0.2, 0.25) is 0 Å². The number of nitrogens with one attached hydrogen (secondary N) is 1. The number of ether oxygens (including phenoxy) is 1. The summed E-state index contributed by atoms with van der Waals surface area (Å²) in [6, 6.07) is 43.3. The van der Waals surface area contributed by atoms with Gasteiger partial charge in [0, 0.05) is 23.4 Å². The van der Waals surface area contributed by atoms with Gasteiger partial charge in [0.05, 0.1) is 11.7 Å². The topological polar surface area (TPSA) is 33.6 Å². The van der Waals surface area contributed by atoms with Gasteiger partial charge >= 0.3 is 0 Å². The molecule has 0 saturated carbocycles. The molecule has 6 aromatic carbocycles. The minimum atomic E-state index is 0.273. The summed E-state index contributed by atoms with van der Waals surface area (Å²) in [4.78, 5) is 4.95. The molecule has 0 fully saturated rings. The average Bonchev–Trinajstić information content (AvgIpc) is 3.57. The highest BCUT2D eigenvalue weighted by molar-refractivity contribution is 6.03. The second-order valence-corrected chi connectivity index (χ2v) is 12.0. The van der Waals surface area contributed by atoms with Crippen molar-refractivity contribution in [1.29, 1.82) is 0 Å². The quantitative estimate of drug-likeness (QED) is 0.160. The molecule has 0 aromatic heterocycles. The van der Waals surface area contributed by atoms with Gasteiger partial charge in [0.1, 0.15) is 12.4 Å². The molecule has 8 rings (SSSR count). The molecular formula is C41H34N2O. The maximum atomic E-state index is 6.50. The van der Waals surface area contributed by atoms with Gasteiger partial charge in [0.15, 0.2) is 0 Å². The predicted molar refractivity (Wildman–Crippen MR) is 183 cm³/mol. The van der Waals surface area contributed by atoms with Crippen molar-refractivity contribution in [2.24, 2.45) is 10.9 Å². The SMILES string of the molecule is Cc1ccc2c(c1)[C@@H]1C=CC[C@H]1[C@@H](c1ccc(N=Cc3c(OCc4cccc5ccccc45)ccc4ccccc34)cc1)N2. The number of hydrogen-bond donors (Lipinski definition) is 1. The third-order valence-electron chi connectivity index (χ3n) is 9.31. The molecule has 0 unspecified atom stereocenters. The van der Waals surface area contributed by atoms with E-state index in [2.05, 4.69) is 146 Å². The molecule has 3 nitrogen and oxygen atoms in total. The number of nitrogens with zero attached hydrogens (tertiary/aromatic N) is 1. The second kappa shape index (κ2) is 11.2. The van der Waals surface area contributed by atoms with Crippen LogP contribution < -0.4 is 10.1 Å². The molecule has 3 atom stereocenters. The summed E-state index contributed by atoms with van der Waals surface area (Å²) in [7, 11) is 0. The monoisotopic (exact) mass is 570 g/mol. The maximum Gasteiger partial charge on any atom is 0.129 e. The van der Waals surface area contributed by atoms with Gasteiger partial charge in [0.25, 0.3) is 0 Å². The van der Waals surface area contributed by atoms with Crippen LogP contribution in [0.4, 0.5) is 11.4 Å². The van der Waals surface area contributed by atoms with E-state index in [0.717, 1.165) is 28.8 Å². The average molecular weight is 571 g/mol. The minimum Gasteiger partial charge on any atom is -0.488 e. The number of anilines is 1. The first-order valence-electron chi connectivity index (χ1n) is 15.5. The van der Waals surface area contributed by atoms with Crippen molar-refractivity contribution < 1.29 is 4.74 Å². The van der Waals surface area contributed by atoms with Crippen LogP contribution >= 0.6 is 0 Å². The molecule has 0 spiro atoms. The van der Waals surface area contributed by atoms with Gasteiger partial charge in [-0.05, 0) is 81.8 Å². The Morgan fingerprint density at radius 2 is 1.57 bits per heavy atom. The van der Waals surface area contributed by atoms with Crippen molar-refractivity contribution in [3.63, 3.8) is 0 Å². The number of fused-ring (bicyclic) bond motifs is 5. The molecule has 1 aliphatic carbocycles. The third kappa shape index (κ3) is 4.85. The summed E-state index contributed by atoms with van der Waals surface area (Å²) in [5.41, 5.74) is 8.39. The fourth-order valence-corrected chi connectivity index (χ4v) is 7.06. The molecule has 0 bridgehead atoms. The summed E-state index contributed by atoms with van der Waals surface area (Å²) in [5, 5.41) is 8.60. The van der Waals surface area contributed by atoms with Gasteiger partial charge in [-0.25, -0.2) is 0 Å². The molecule has 1 heterocycles. The van der Waals surface area contributed by atoms with Gasteiger partial charge in [-0.1, -0.05) is 115 Å². The third-order valence-corrected chi connectivity index (χ3v) is 9.31. The molecule has 6 aromatic rings. The smallest absolute Gasteiger partial charge is 0.129 e. The Morgan fingerprint density at radius 3 is 2.43 bits per heavy atom. The standard InChI is InChI=1S/C41H34N2O/c1-27-16-22-39-37(24-27)35-14-7-15-36(35)41(43-39)30-17-20-32(21-18-30)42-25-38-34-13-5-3-9-29(34)19-23-40(38)44-26-31-11-6-10-28-8-2-4-12-33(28)31/h2-14,16-25,35-36,41,43H,15,26H2,1H3/t35-,36-,41-/m1/s1. The van der Waals surface area contributed by atoms with E-state index in [1.165, 1.54) is 44.1 Å². The normalized spacial score (nSPS) is 18.8. The Labute approximate surface area is 258 Å². The summed E-state index contributed by atoms with van der Waals surface area (Å²) < 4.78 is 6.50. The van der Waals surface area contributed by atoms with Gasteiger partial charge in [-0.2, -0.15) is 0 Å². The Kier molecular flexibility index (Phi) is 6.72. The number of benzene rings is 6. The van der Waals surface area contributed by atoms with E-state index in [0.29, 0.717) is 18.4 Å². The number of aryl methyl sites for hydroxylation is 1. The van der Waals surface area contributed by atoms with Gasteiger partial charge < -0.3 is 10.1 Å². The van der Waals surface area contributed by atoms with E-state index in [1.807, 2.05) is 6.21 Å². The Bertz CT molecular complexity index is 2050. The number of allylic oxidation sites excluding steroid dienone is 2. The molecule has 214 valence electrons. The van der Waals surface area contributed by atoms with E-state index in [9.17, 15) is 0 Å². The Balaban J connectivity index is 1.07. The molecule has 0 amide bonds. The molecular weight excluding hydrogens is 536 g/mol. The van der Waals surface area contributed by atoms with Crippen molar-refractivity contribution in [3.8, 4) is 5.75 Å². The Morgan fingerprint density at radius 1 is 0.795 bits per heavy atom. The second-order valence-electron chi connectivity index (χ2n) is 12.0. The maximum absolute atomic E-state index is 6.50. The first-order valence-corrected chi connectivity index (χ1v) is 15.5. The van der Waals surface area contributed by atoms with Crippen LogP contribution in [0.1, 0.15) is 46.2 Å². The van der Waals surface area contributed by atoms with Crippen molar-refractivity contribution >= 4 is 39.1 Å². The molecule has 1 aliphatic heterocycles. The zero-order chi connectivity index (χ0) is 29.5. The van der Waals surface area contributed by atoms with E-state index >= 15 is 0 Å². The highest BCUT2D eigenvalue weighted by Crippen LogP contribution is 2.50. The van der Waals surface area contributed by atoms with Crippen LogP contribution in [-0.4, -0.2) is 6.21 Å². The van der Waals surface area contributed by atoms with Gasteiger partial charge in [-0.3, -0.25) is 4.99 Å².